The van der Waals surface area contributed by atoms with Crippen molar-refractivity contribution in [2.24, 2.45) is 0 Å². The van der Waals surface area contributed by atoms with Gasteiger partial charge in [-0.2, -0.15) is 0 Å². The predicted molar refractivity (Wildman–Crippen MR) is 74.9 cm³/mol. The van der Waals surface area contributed by atoms with Gasteiger partial charge in [0.1, 0.15) is 0 Å². The third kappa shape index (κ3) is 5.47. The van der Waals surface area contributed by atoms with Gasteiger partial charge in [-0.15, -0.1) is 0 Å². The SMILES string of the molecule is CCNC(=S)NC(=O)/C=C/c1ccc(Cl)cc1. The van der Waals surface area contributed by atoms with E-state index in [9.17, 15) is 4.79 Å². The average Bonchev–Trinajstić information content (AvgIpc) is 2.28. The van der Waals surface area contributed by atoms with Gasteiger partial charge in [0.25, 0.3) is 0 Å². The zero-order valence-corrected chi connectivity index (χ0v) is 10.9. The largest absolute Gasteiger partial charge is 0.363 e. The Bertz CT molecular complexity index is 429. The molecule has 0 radical (unpaired) electrons. The molecule has 0 fully saturated rings. The molecule has 1 aromatic carbocycles. The summed E-state index contributed by atoms with van der Waals surface area (Å²) in [7, 11) is 0. The molecule has 1 rings (SSSR count). The molecule has 90 valence electrons. The number of rotatable bonds is 3. The first-order valence-corrected chi connectivity index (χ1v) is 5.93. The molecule has 1 amide bonds. The van der Waals surface area contributed by atoms with Crippen LogP contribution in [0, 0.1) is 0 Å². The van der Waals surface area contributed by atoms with Crippen LogP contribution >= 0.6 is 23.8 Å². The molecule has 1 aromatic rings. The molecule has 17 heavy (non-hydrogen) atoms. The van der Waals surface area contributed by atoms with E-state index in [0.717, 1.165) is 5.56 Å². The molecule has 0 spiro atoms. The van der Waals surface area contributed by atoms with E-state index in [1.807, 2.05) is 19.1 Å². The second kappa shape index (κ2) is 7.04. The summed E-state index contributed by atoms with van der Waals surface area (Å²) < 4.78 is 0. The minimum absolute atomic E-state index is 0.258. The van der Waals surface area contributed by atoms with Gasteiger partial charge in [0.15, 0.2) is 5.11 Å². The third-order valence-electron chi connectivity index (χ3n) is 1.87. The predicted octanol–water partition coefficient (Wildman–Crippen LogP) is 2.36. The molecule has 5 heteroatoms. The lowest BCUT2D eigenvalue weighted by Crippen LogP contribution is -2.38. The van der Waals surface area contributed by atoms with E-state index in [0.29, 0.717) is 16.7 Å². The zero-order chi connectivity index (χ0) is 12.7. The van der Waals surface area contributed by atoms with Gasteiger partial charge in [-0.25, -0.2) is 0 Å². The highest BCUT2D eigenvalue weighted by Crippen LogP contribution is 2.10. The number of carbonyl (C=O) groups excluding carboxylic acids is 1. The molecule has 0 aromatic heterocycles. The molecule has 0 saturated carbocycles. The fourth-order valence-electron chi connectivity index (χ4n) is 1.10. The van der Waals surface area contributed by atoms with Gasteiger partial charge >= 0.3 is 0 Å². The molecule has 0 aliphatic heterocycles. The van der Waals surface area contributed by atoms with Crippen LogP contribution in [-0.4, -0.2) is 17.6 Å². The van der Waals surface area contributed by atoms with Gasteiger partial charge in [0.2, 0.25) is 5.91 Å². The first kappa shape index (κ1) is 13.7. The quantitative estimate of drug-likeness (QED) is 0.653. The number of nitrogens with one attached hydrogen (secondary N) is 2. The van der Waals surface area contributed by atoms with Gasteiger partial charge < -0.3 is 5.32 Å². The lowest BCUT2D eigenvalue weighted by Gasteiger charge is -2.04. The lowest BCUT2D eigenvalue weighted by atomic mass is 10.2. The number of benzene rings is 1. The molecule has 2 N–H and O–H groups in total. The molecule has 0 atom stereocenters. The van der Waals surface area contributed by atoms with Crippen molar-refractivity contribution in [2.75, 3.05) is 6.54 Å². The smallest absolute Gasteiger partial charge is 0.250 e. The maximum Gasteiger partial charge on any atom is 0.250 e. The molecule has 3 nitrogen and oxygen atoms in total. The monoisotopic (exact) mass is 268 g/mol. The van der Waals surface area contributed by atoms with Crippen molar-refractivity contribution < 1.29 is 4.79 Å². The van der Waals surface area contributed by atoms with Crippen LogP contribution in [0.5, 0.6) is 0 Å². The number of carbonyl (C=O) groups is 1. The van der Waals surface area contributed by atoms with Gasteiger partial charge in [-0.3, -0.25) is 10.1 Å². The van der Waals surface area contributed by atoms with Crippen LogP contribution in [0.3, 0.4) is 0 Å². The second-order valence-electron chi connectivity index (χ2n) is 3.23. The van der Waals surface area contributed by atoms with Crippen LogP contribution in [0.2, 0.25) is 5.02 Å². The van der Waals surface area contributed by atoms with E-state index in [4.69, 9.17) is 23.8 Å². The number of halogens is 1. The molecule has 0 heterocycles. The van der Waals surface area contributed by atoms with E-state index in [-0.39, 0.29) is 5.91 Å². The van der Waals surface area contributed by atoms with Crippen molar-refractivity contribution in [2.45, 2.75) is 6.92 Å². The highest BCUT2D eigenvalue weighted by Gasteiger charge is 1.98. The van der Waals surface area contributed by atoms with E-state index >= 15 is 0 Å². The maximum absolute atomic E-state index is 11.4. The molecular formula is C12H13ClN2OS. The number of thiocarbonyl (C=S) groups is 1. The van der Waals surface area contributed by atoms with Gasteiger partial charge in [-0.05, 0) is 42.9 Å². The van der Waals surface area contributed by atoms with Crippen molar-refractivity contribution in [1.82, 2.24) is 10.6 Å². The van der Waals surface area contributed by atoms with E-state index < -0.39 is 0 Å². The molecule has 0 bridgehead atoms. The van der Waals surface area contributed by atoms with Crippen molar-refractivity contribution in [1.29, 1.82) is 0 Å². The molecule has 0 unspecified atom stereocenters. The Morgan fingerprint density at radius 2 is 2.06 bits per heavy atom. The summed E-state index contributed by atoms with van der Waals surface area (Å²) in [4.78, 5) is 11.4. The van der Waals surface area contributed by atoms with E-state index in [1.54, 1.807) is 18.2 Å². The fraction of sp³-hybridized carbons (Fsp3) is 0.167. The highest BCUT2D eigenvalue weighted by molar-refractivity contribution is 7.80. The molecule has 0 aliphatic rings. The van der Waals surface area contributed by atoms with E-state index in [2.05, 4.69) is 10.6 Å². The molecule has 0 saturated heterocycles. The minimum Gasteiger partial charge on any atom is -0.363 e. The Labute approximate surface area is 111 Å². The Morgan fingerprint density at radius 3 is 2.65 bits per heavy atom. The summed E-state index contributed by atoms with van der Waals surface area (Å²) >= 11 is 10.6. The van der Waals surface area contributed by atoms with E-state index in [1.165, 1.54) is 6.08 Å². The van der Waals surface area contributed by atoms with Gasteiger partial charge in [0.05, 0.1) is 0 Å². The van der Waals surface area contributed by atoms with Crippen LogP contribution in [-0.2, 0) is 4.79 Å². The van der Waals surface area contributed by atoms with Gasteiger partial charge in [0, 0.05) is 17.6 Å². The summed E-state index contributed by atoms with van der Waals surface area (Å²) in [5.74, 6) is -0.258. The number of hydrogen-bond donors (Lipinski definition) is 2. The van der Waals surface area contributed by atoms with Crippen LogP contribution in [0.4, 0.5) is 0 Å². The normalized spacial score (nSPS) is 10.2. The Balaban J connectivity index is 2.50. The Kier molecular flexibility index (Phi) is 5.66. The summed E-state index contributed by atoms with van der Waals surface area (Å²) in [5.41, 5.74) is 0.902. The van der Waals surface area contributed by atoms with Crippen molar-refractivity contribution >= 4 is 40.9 Å². The van der Waals surface area contributed by atoms with Crippen molar-refractivity contribution in [3.05, 3.63) is 40.9 Å². The Morgan fingerprint density at radius 1 is 1.41 bits per heavy atom. The summed E-state index contributed by atoms with van der Waals surface area (Å²) in [6.07, 6.45) is 3.12. The maximum atomic E-state index is 11.4. The minimum atomic E-state index is -0.258. The standard InChI is InChI=1S/C12H13ClN2OS/c1-2-14-12(17)15-11(16)8-5-9-3-6-10(13)7-4-9/h3-8H,2H2,1H3,(H2,14,15,16,17)/b8-5+. The zero-order valence-electron chi connectivity index (χ0n) is 9.37. The van der Waals surface area contributed by atoms with Crippen LogP contribution < -0.4 is 10.6 Å². The highest BCUT2D eigenvalue weighted by atomic mass is 35.5. The molecular weight excluding hydrogens is 256 g/mol. The van der Waals surface area contributed by atoms with Crippen LogP contribution in [0.15, 0.2) is 30.3 Å². The average molecular weight is 269 g/mol. The first-order valence-electron chi connectivity index (χ1n) is 5.14. The van der Waals surface area contributed by atoms with Crippen molar-refractivity contribution in [3.8, 4) is 0 Å². The molecule has 0 aliphatic carbocycles. The topological polar surface area (TPSA) is 41.1 Å². The van der Waals surface area contributed by atoms with Gasteiger partial charge in [-0.1, -0.05) is 23.7 Å². The summed E-state index contributed by atoms with van der Waals surface area (Å²) in [5, 5.41) is 6.36. The summed E-state index contributed by atoms with van der Waals surface area (Å²) in [6, 6.07) is 7.19. The lowest BCUT2D eigenvalue weighted by molar-refractivity contribution is -0.115. The van der Waals surface area contributed by atoms with Crippen LogP contribution in [0.25, 0.3) is 6.08 Å². The second-order valence-corrected chi connectivity index (χ2v) is 4.08. The van der Waals surface area contributed by atoms with Crippen molar-refractivity contribution in [3.63, 3.8) is 0 Å². The fourth-order valence-corrected chi connectivity index (χ4v) is 1.48. The summed E-state index contributed by atoms with van der Waals surface area (Å²) in [6.45, 7) is 2.59. The van der Waals surface area contributed by atoms with Crippen LogP contribution in [0.1, 0.15) is 12.5 Å². The number of amides is 1. The first-order chi connectivity index (χ1) is 8.11. The third-order valence-corrected chi connectivity index (χ3v) is 2.37. The number of hydrogen-bond acceptors (Lipinski definition) is 2. The Hall–Kier alpha value is -1.39.